The van der Waals surface area contributed by atoms with Gasteiger partial charge in [0.25, 0.3) is 0 Å². The second-order valence-corrected chi connectivity index (χ2v) is 11.4. The standard InChI is InChI=1S/C30H31NO6S/c1-5-29(3,16-30(4,38)6-2)28(36)31-17-7-10-20(23(13-17)27(34)35)26-21-11-8-18(32)14-24(21)37-25-15-19(33)9-12-22(25)26/h7-15,32,38H,5-6,16H2,1-4H3,(H,31,36)(H,34,35). The summed E-state index contributed by atoms with van der Waals surface area (Å²) in [5.74, 6) is -1.14. The highest BCUT2D eigenvalue weighted by Gasteiger charge is 2.37. The molecule has 2 atom stereocenters. The number of aromatic carboxylic acids is 1. The molecule has 3 N–H and O–H groups in total. The molecule has 8 heteroatoms. The van der Waals surface area contributed by atoms with Crippen LogP contribution < -0.4 is 10.7 Å². The van der Waals surface area contributed by atoms with Crippen LogP contribution in [0.1, 0.15) is 57.3 Å². The Morgan fingerprint density at radius 3 is 2.34 bits per heavy atom. The molecule has 198 valence electrons. The van der Waals surface area contributed by atoms with Crippen molar-refractivity contribution < 1.29 is 24.2 Å². The predicted molar refractivity (Wildman–Crippen MR) is 152 cm³/mol. The van der Waals surface area contributed by atoms with E-state index in [1.165, 1.54) is 30.3 Å². The van der Waals surface area contributed by atoms with Crippen molar-refractivity contribution in [3.63, 3.8) is 0 Å². The summed E-state index contributed by atoms with van der Waals surface area (Å²) in [6, 6.07) is 13.6. The van der Waals surface area contributed by atoms with E-state index in [0.717, 1.165) is 6.42 Å². The number of anilines is 1. The predicted octanol–water partition coefficient (Wildman–Crippen LogP) is 6.81. The van der Waals surface area contributed by atoms with Gasteiger partial charge in [0.1, 0.15) is 17.1 Å². The lowest BCUT2D eigenvalue weighted by Crippen LogP contribution is -2.38. The molecule has 0 aromatic heterocycles. The number of rotatable bonds is 8. The number of hydrogen-bond acceptors (Lipinski definition) is 6. The minimum atomic E-state index is -1.18. The Labute approximate surface area is 226 Å². The number of carboxylic acids is 1. The highest BCUT2D eigenvalue weighted by Crippen LogP contribution is 2.43. The van der Waals surface area contributed by atoms with Crippen LogP contribution in [-0.2, 0) is 4.79 Å². The van der Waals surface area contributed by atoms with E-state index < -0.39 is 11.4 Å². The molecule has 0 fully saturated rings. The van der Waals surface area contributed by atoms with E-state index in [2.05, 4.69) is 5.32 Å². The summed E-state index contributed by atoms with van der Waals surface area (Å²) in [7, 11) is 0. The maximum atomic E-state index is 13.4. The Bertz CT molecular complexity index is 1570. The molecule has 38 heavy (non-hydrogen) atoms. The highest BCUT2D eigenvalue weighted by molar-refractivity contribution is 7.81. The van der Waals surface area contributed by atoms with Crippen LogP contribution in [0.2, 0.25) is 0 Å². The van der Waals surface area contributed by atoms with Gasteiger partial charge >= 0.3 is 5.97 Å². The van der Waals surface area contributed by atoms with Gasteiger partial charge in [-0.15, -0.1) is 0 Å². The third-order valence-corrected chi connectivity index (χ3v) is 7.79. The molecule has 2 unspecified atom stereocenters. The molecule has 0 radical (unpaired) electrons. The quantitative estimate of drug-likeness (QED) is 0.146. The van der Waals surface area contributed by atoms with Crippen molar-refractivity contribution in [2.75, 3.05) is 5.32 Å². The van der Waals surface area contributed by atoms with E-state index in [4.69, 9.17) is 17.0 Å². The maximum Gasteiger partial charge on any atom is 0.336 e. The van der Waals surface area contributed by atoms with Gasteiger partial charge in [0.15, 0.2) is 5.43 Å². The number of carbonyl (C=O) groups is 2. The average Bonchev–Trinajstić information content (AvgIpc) is 2.86. The lowest BCUT2D eigenvalue weighted by atomic mass is 9.77. The molecule has 0 spiro atoms. The maximum absolute atomic E-state index is 13.4. The Kier molecular flexibility index (Phi) is 7.30. The summed E-state index contributed by atoms with van der Waals surface area (Å²) in [6.45, 7) is 7.88. The van der Waals surface area contributed by atoms with Gasteiger partial charge < -0.3 is 19.9 Å². The van der Waals surface area contributed by atoms with Gasteiger partial charge in [-0.3, -0.25) is 9.59 Å². The Balaban J connectivity index is 1.84. The van der Waals surface area contributed by atoms with Crippen LogP contribution >= 0.6 is 12.6 Å². The summed E-state index contributed by atoms with van der Waals surface area (Å²) in [6.07, 6.45) is 1.96. The number of amides is 1. The number of thiol groups is 1. The zero-order valence-corrected chi connectivity index (χ0v) is 22.7. The van der Waals surface area contributed by atoms with E-state index >= 15 is 0 Å². The summed E-state index contributed by atoms with van der Waals surface area (Å²) in [5.41, 5.74) is 1.16. The molecule has 4 rings (SSSR count). The molecule has 0 saturated carbocycles. The minimum absolute atomic E-state index is 0.0262. The van der Waals surface area contributed by atoms with Crippen LogP contribution in [-0.4, -0.2) is 26.8 Å². The fourth-order valence-corrected chi connectivity index (χ4v) is 5.13. The summed E-state index contributed by atoms with van der Waals surface area (Å²) in [5, 5.41) is 23.6. The minimum Gasteiger partial charge on any atom is -0.508 e. The smallest absolute Gasteiger partial charge is 0.336 e. The number of phenols is 1. The van der Waals surface area contributed by atoms with E-state index in [1.807, 2.05) is 27.7 Å². The first kappa shape index (κ1) is 27.3. The highest BCUT2D eigenvalue weighted by atomic mass is 32.1. The Morgan fingerprint density at radius 1 is 0.974 bits per heavy atom. The van der Waals surface area contributed by atoms with Crippen molar-refractivity contribution in [3.8, 4) is 28.2 Å². The molecule has 7 nitrogen and oxygen atoms in total. The van der Waals surface area contributed by atoms with E-state index in [-0.39, 0.29) is 33.2 Å². The van der Waals surface area contributed by atoms with Crippen LogP contribution in [0.3, 0.4) is 0 Å². The first-order valence-electron chi connectivity index (χ1n) is 12.5. The second-order valence-electron chi connectivity index (χ2n) is 10.3. The lowest BCUT2D eigenvalue weighted by molar-refractivity contribution is -0.125. The van der Waals surface area contributed by atoms with Crippen LogP contribution in [0.25, 0.3) is 33.4 Å². The first-order valence-corrected chi connectivity index (χ1v) is 12.9. The molecule has 1 aliphatic carbocycles. The molecule has 0 bridgehead atoms. The molecular weight excluding hydrogens is 502 g/mol. The van der Waals surface area contributed by atoms with E-state index in [1.54, 1.807) is 24.3 Å². The van der Waals surface area contributed by atoms with Crippen LogP contribution in [0.4, 0.5) is 5.69 Å². The third kappa shape index (κ3) is 5.27. The monoisotopic (exact) mass is 533 g/mol. The molecule has 1 amide bonds. The number of benzene rings is 3. The van der Waals surface area contributed by atoms with Crippen LogP contribution in [0.15, 0.2) is 63.8 Å². The number of fused-ring (bicyclic) bond motifs is 2. The average molecular weight is 534 g/mol. The molecule has 2 aliphatic rings. The number of carboxylic acid groups (broad SMARTS) is 1. The zero-order valence-electron chi connectivity index (χ0n) is 21.8. The number of phenolic OH excluding ortho intramolecular Hbond substituents is 1. The first-order chi connectivity index (χ1) is 17.9. The Hall–Kier alpha value is -3.78. The van der Waals surface area contributed by atoms with Crippen LogP contribution in [0.5, 0.6) is 5.75 Å². The van der Waals surface area contributed by atoms with Crippen molar-refractivity contribution in [3.05, 3.63) is 70.4 Å². The molecule has 1 aliphatic heterocycles. The number of nitrogens with one attached hydrogen (secondary N) is 1. The van der Waals surface area contributed by atoms with Gasteiger partial charge in [-0.2, -0.15) is 12.6 Å². The number of hydrogen-bond donors (Lipinski definition) is 4. The molecule has 2 aromatic rings. The topological polar surface area (TPSA) is 117 Å². The van der Waals surface area contributed by atoms with Gasteiger partial charge in [-0.1, -0.05) is 33.8 Å². The van der Waals surface area contributed by atoms with Crippen molar-refractivity contribution in [1.29, 1.82) is 0 Å². The summed E-state index contributed by atoms with van der Waals surface area (Å²) in [4.78, 5) is 37.8. The van der Waals surface area contributed by atoms with Crippen LogP contribution in [0, 0.1) is 5.41 Å². The fraction of sp³-hybridized carbons (Fsp3) is 0.300. The molecule has 2 aromatic carbocycles. The van der Waals surface area contributed by atoms with Gasteiger partial charge in [0, 0.05) is 44.5 Å². The number of carbonyl (C=O) groups excluding carboxylic acids is 1. The van der Waals surface area contributed by atoms with E-state index in [9.17, 15) is 24.6 Å². The molecule has 1 heterocycles. The normalized spacial score (nSPS) is 14.7. The largest absolute Gasteiger partial charge is 0.508 e. The molecule has 0 saturated heterocycles. The fourth-order valence-electron chi connectivity index (χ4n) is 4.78. The second kappa shape index (κ2) is 10.2. The van der Waals surface area contributed by atoms with E-state index in [0.29, 0.717) is 46.2 Å². The summed E-state index contributed by atoms with van der Waals surface area (Å²) >= 11 is 4.72. The van der Waals surface area contributed by atoms with Crippen molar-refractivity contribution in [2.24, 2.45) is 5.41 Å². The van der Waals surface area contributed by atoms with Gasteiger partial charge in [-0.25, -0.2) is 4.79 Å². The van der Waals surface area contributed by atoms with Crippen molar-refractivity contribution in [2.45, 2.75) is 51.7 Å². The third-order valence-electron chi connectivity index (χ3n) is 7.32. The lowest BCUT2D eigenvalue weighted by Gasteiger charge is -2.34. The van der Waals surface area contributed by atoms with Crippen molar-refractivity contribution >= 4 is 41.2 Å². The van der Waals surface area contributed by atoms with Gasteiger partial charge in [-0.05, 0) is 61.2 Å². The number of aromatic hydroxyl groups is 1. The van der Waals surface area contributed by atoms with Crippen molar-refractivity contribution in [1.82, 2.24) is 0 Å². The Morgan fingerprint density at radius 2 is 1.68 bits per heavy atom. The zero-order chi connectivity index (χ0) is 27.8. The SMILES string of the molecule is CCC(C)(S)CC(C)(CC)C(=O)Nc1ccc(-c2c3ccc(=O)cc-3oc3cc(O)ccc23)c(C(=O)O)c1. The summed E-state index contributed by atoms with van der Waals surface area (Å²) < 4.78 is 5.55. The van der Waals surface area contributed by atoms with Gasteiger partial charge in [0.2, 0.25) is 5.91 Å². The molecular formula is C30H31NO6S. The van der Waals surface area contributed by atoms with Gasteiger partial charge in [0.05, 0.1) is 5.56 Å².